The highest BCUT2D eigenvalue weighted by Crippen LogP contribution is 2.32. The Labute approximate surface area is 145 Å². The summed E-state index contributed by atoms with van der Waals surface area (Å²) in [6, 6.07) is 22.0. The van der Waals surface area contributed by atoms with E-state index in [2.05, 4.69) is 0 Å². The van der Waals surface area contributed by atoms with Crippen LogP contribution in [-0.2, 0) is 22.4 Å². The smallest absolute Gasteiger partial charge is 0.321 e. The number of benzene rings is 3. The van der Waals surface area contributed by atoms with E-state index in [0.29, 0.717) is 5.56 Å². The number of hydrogen-bond donors (Lipinski definition) is 2. The summed E-state index contributed by atoms with van der Waals surface area (Å²) in [5, 5.41) is 21.5. The van der Waals surface area contributed by atoms with Gasteiger partial charge in [0.25, 0.3) is 0 Å². The zero-order valence-electron chi connectivity index (χ0n) is 13.6. The molecule has 3 aromatic carbocycles. The maximum absolute atomic E-state index is 12.0. The molecule has 4 nitrogen and oxygen atoms in total. The molecule has 0 spiro atoms. The van der Waals surface area contributed by atoms with Crippen molar-refractivity contribution in [2.24, 2.45) is 5.41 Å². The van der Waals surface area contributed by atoms with Crippen LogP contribution in [0.4, 0.5) is 0 Å². The summed E-state index contributed by atoms with van der Waals surface area (Å²) in [7, 11) is 0. The van der Waals surface area contributed by atoms with Crippen LogP contribution in [-0.4, -0.2) is 22.2 Å². The Morgan fingerprint density at radius 3 is 2.00 bits per heavy atom. The summed E-state index contributed by atoms with van der Waals surface area (Å²) in [4.78, 5) is 24.1. The van der Waals surface area contributed by atoms with Crippen LogP contribution in [0.1, 0.15) is 11.1 Å². The molecule has 0 aromatic heterocycles. The maximum Gasteiger partial charge on any atom is 0.321 e. The molecule has 0 aliphatic carbocycles. The summed E-state index contributed by atoms with van der Waals surface area (Å²) in [5.74, 6) is -2.64. The molecule has 0 atom stereocenters. The van der Waals surface area contributed by atoms with Gasteiger partial charge in [0.1, 0.15) is 0 Å². The molecule has 0 fully saturated rings. The van der Waals surface area contributed by atoms with E-state index in [4.69, 9.17) is 0 Å². The van der Waals surface area contributed by atoms with Crippen molar-refractivity contribution in [1.29, 1.82) is 0 Å². The number of hydrogen-bond acceptors (Lipinski definition) is 2. The molecule has 126 valence electrons. The normalized spacial score (nSPS) is 11.4. The van der Waals surface area contributed by atoms with Crippen molar-refractivity contribution >= 4 is 22.7 Å². The third kappa shape index (κ3) is 3.24. The van der Waals surface area contributed by atoms with Crippen molar-refractivity contribution < 1.29 is 19.8 Å². The minimum Gasteiger partial charge on any atom is -0.480 e. The minimum atomic E-state index is -1.91. The molecule has 3 aromatic rings. The minimum absolute atomic E-state index is 0.0677. The van der Waals surface area contributed by atoms with E-state index in [-0.39, 0.29) is 12.8 Å². The Balaban J connectivity index is 2.08. The molecule has 0 saturated heterocycles. The topological polar surface area (TPSA) is 74.6 Å². The summed E-state index contributed by atoms with van der Waals surface area (Å²) in [5.41, 5.74) is -0.503. The van der Waals surface area contributed by atoms with E-state index >= 15 is 0 Å². The zero-order chi connectivity index (χ0) is 17.9. The van der Waals surface area contributed by atoms with Gasteiger partial charge in [-0.15, -0.1) is 0 Å². The van der Waals surface area contributed by atoms with E-state index in [1.165, 1.54) is 0 Å². The largest absolute Gasteiger partial charge is 0.480 e. The van der Waals surface area contributed by atoms with Crippen LogP contribution in [0.15, 0.2) is 72.8 Å². The first-order valence-electron chi connectivity index (χ1n) is 8.00. The van der Waals surface area contributed by atoms with Gasteiger partial charge in [0.2, 0.25) is 0 Å². The highest BCUT2D eigenvalue weighted by molar-refractivity contribution is 5.99. The number of fused-ring (bicyclic) bond motifs is 1. The van der Waals surface area contributed by atoms with Gasteiger partial charge in [-0.3, -0.25) is 9.59 Å². The molecule has 0 radical (unpaired) electrons. The second kappa shape index (κ2) is 6.77. The van der Waals surface area contributed by atoms with Gasteiger partial charge in [-0.2, -0.15) is 0 Å². The Morgan fingerprint density at radius 1 is 0.720 bits per heavy atom. The van der Waals surface area contributed by atoms with Gasteiger partial charge in [-0.05, 0) is 28.3 Å². The SMILES string of the molecule is O=C(O)C(Cc1ccccc1)(Cc1cccc2ccccc12)C(=O)O. The van der Waals surface area contributed by atoms with Crippen LogP contribution in [0.25, 0.3) is 10.8 Å². The van der Waals surface area contributed by atoms with Crippen molar-refractivity contribution in [2.75, 3.05) is 0 Å². The van der Waals surface area contributed by atoms with Crippen LogP contribution < -0.4 is 0 Å². The highest BCUT2D eigenvalue weighted by atomic mass is 16.4. The van der Waals surface area contributed by atoms with Gasteiger partial charge in [0.15, 0.2) is 5.41 Å². The molecular weight excluding hydrogens is 316 g/mol. The third-order valence-electron chi connectivity index (χ3n) is 4.54. The maximum atomic E-state index is 12.0. The van der Waals surface area contributed by atoms with Crippen molar-refractivity contribution in [1.82, 2.24) is 0 Å². The highest BCUT2D eigenvalue weighted by Gasteiger charge is 2.46. The molecule has 4 heteroatoms. The zero-order valence-corrected chi connectivity index (χ0v) is 13.6. The second-order valence-corrected chi connectivity index (χ2v) is 6.17. The molecule has 0 heterocycles. The predicted octanol–water partition coefficient (Wildman–Crippen LogP) is 3.78. The molecular formula is C21H18O4. The average molecular weight is 334 g/mol. The van der Waals surface area contributed by atoms with Gasteiger partial charge in [0, 0.05) is 6.42 Å². The first kappa shape index (κ1) is 16.7. The van der Waals surface area contributed by atoms with Gasteiger partial charge in [0.05, 0.1) is 0 Å². The number of rotatable bonds is 6. The van der Waals surface area contributed by atoms with Crippen molar-refractivity contribution in [3.05, 3.63) is 83.9 Å². The number of carboxylic acids is 2. The van der Waals surface area contributed by atoms with Gasteiger partial charge >= 0.3 is 11.9 Å². The summed E-state index contributed by atoms with van der Waals surface area (Å²) in [6.07, 6.45) is -0.143. The fraction of sp³-hybridized carbons (Fsp3) is 0.143. The van der Waals surface area contributed by atoms with E-state index in [1.54, 1.807) is 30.3 Å². The quantitative estimate of drug-likeness (QED) is 0.673. The molecule has 0 saturated carbocycles. The first-order chi connectivity index (χ1) is 12.0. The first-order valence-corrected chi connectivity index (χ1v) is 8.00. The Bertz CT molecular complexity index is 896. The Kier molecular flexibility index (Phi) is 4.52. The summed E-state index contributed by atoms with van der Waals surface area (Å²) >= 11 is 0. The van der Waals surface area contributed by atoms with Crippen LogP contribution in [0.3, 0.4) is 0 Å². The molecule has 3 rings (SSSR count). The van der Waals surface area contributed by atoms with Crippen molar-refractivity contribution in [3.8, 4) is 0 Å². The van der Waals surface area contributed by atoms with E-state index < -0.39 is 17.4 Å². The fourth-order valence-electron chi connectivity index (χ4n) is 3.17. The lowest BCUT2D eigenvalue weighted by molar-refractivity contribution is -0.164. The third-order valence-corrected chi connectivity index (χ3v) is 4.54. The number of carboxylic acid groups (broad SMARTS) is 2. The standard InChI is InChI=1S/C21H18O4/c22-19(23)21(20(24)25,13-15-7-2-1-3-8-15)14-17-11-6-10-16-9-4-5-12-18(16)17/h1-12H,13-14H2,(H,22,23)(H,24,25). The van der Waals surface area contributed by atoms with Crippen LogP contribution in [0.5, 0.6) is 0 Å². The fourth-order valence-corrected chi connectivity index (χ4v) is 3.17. The molecule has 25 heavy (non-hydrogen) atoms. The molecule has 0 bridgehead atoms. The van der Waals surface area contributed by atoms with Crippen molar-refractivity contribution in [2.45, 2.75) is 12.8 Å². The summed E-state index contributed by atoms with van der Waals surface area (Å²) < 4.78 is 0. The monoisotopic (exact) mass is 334 g/mol. The Morgan fingerprint density at radius 2 is 1.32 bits per heavy atom. The van der Waals surface area contributed by atoms with Gasteiger partial charge in [-0.25, -0.2) is 0 Å². The lowest BCUT2D eigenvalue weighted by Gasteiger charge is -2.26. The lowest BCUT2D eigenvalue weighted by atomic mass is 9.76. The molecule has 0 aliphatic rings. The van der Waals surface area contributed by atoms with Gasteiger partial charge in [-0.1, -0.05) is 72.8 Å². The van der Waals surface area contributed by atoms with Crippen LogP contribution in [0.2, 0.25) is 0 Å². The van der Waals surface area contributed by atoms with Gasteiger partial charge < -0.3 is 10.2 Å². The molecule has 0 aliphatic heterocycles. The second-order valence-electron chi connectivity index (χ2n) is 6.17. The van der Waals surface area contributed by atoms with Crippen LogP contribution in [0, 0.1) is 5.41 Å². The van der Waals surface area contributed by atoms with E-state index in [9.17, 15) is 19.8 Å². The van der Waals surface area contributed by atoms with E-state index in [0.717, 1.165) is 16.3 Å². The summed E-state index contributed by atoms with van der Waals surface area (Å²) in [6.45, 7) is 0. The average Bonchev–Trinajstić information content (AvgIpc) is 2.62. The lowest BCUT2D eigenvalue weighted by Crippen LogP contribution is -2.43. The number of carbonyl (C=O) groups is 2. The molecule has 0 unspecified atom stereocenters. The van der Waals surface area contributed by atoms with E-state index in [1.807, 2.05) is 42.5 Å². The predicted molar refractivity (Wildman–Crippen MR) is 95.5 cm³/mol. The Hall–Kier alpha value is -3.14. The molecule has 2 N–H and O–H groups in total. The van der Waals surface area contributed by atoms with Crippen LogP contribution >= 0.6 is 0 Å². The number of aliphatic carboxylic acids is 2. The van der Waals surface area contributed by atoms with Crippen molar-refractivity contribution in [3.63, 3.8) is 0 Å². The molecule has 0 amide bonds.